The van der Waals surface area contributed by atoms with E-state index in [0.29, 0.717) is 38.2 Å². The predicted octanol–water partition coefficient (Wildman–Crippen LogP) is 5.63. The Bertz CT molecular complexity index is 1380. The minimum atomic E-state index is -5.16. The first-order chi connectivity index (χ1) is 18.7. The van der Waals surface area contributed by atoms with E-state index in [1.54, 1.807) is 0 Å². The number of aliphatic hydroxyl groups is 1. The van der Waals surface area contributed by atoms with Gasteiger partial charge in [0.2, 0.25) is 11.6 Å². The maximum absolute atomic E-state index is 14.9. The lowest BCUT2D eigenvalue weighted by atomic mass is 9.72. The monoisotopic (exact) mass is 585 g/mol. The number of aliphatic hydroxyl groups excluding tert-OH is 1. The lowest BCUT2D eigenvalue weighted by Crippen LogP contribution is -2.48. The zero-order valence-electron chi connectivity index (χ0n) is 22.0. The van der Waals surface area contributed by atoms with Crippen LogP contribution in [-0.2, 0) is 31.5 Å². The van der Waals surface area contributed by atoms with Crippen LogP contribution in [0.3, 0.4) is 0 Å². The van der Waals surface area contributed by atoms with Crippen LogP contribution in [0, 0.1) is 17.7 Å². The van der Waals surface area contributed by atoms with Crippen LogP contribution in [-0.4, -0.2) is 37.8 Å². The highest BCUT2D eigenvalue weighted by atomic mass is 32.2. The molecule has 1 amide bonds. The molecule has 0 saturated heterocycles. The van der Waals surface area contributed by atoms with Gasteiger partial charge in [0.15, 0.2) is 9.84 Å². The van der Waals surface area contributed by atoms with Crippen molar-refractivity contribution in [2.75, 3.05) is 0 Å². The molecule has 2 aromatic rings. The Balaban J connectivity index is 1.58. The third-order valence-corrected chi connectivity index (χ3v) is 11.8. The van der Waals surface area contributed by atoms with E-state index >= 15 is 0 Å². The Morgan fingerprint density at radius 3 is 2.25 bits per heavy atom. The molecule has 2 saturated carbocycles. The number of sulfone groups is 1. The molecule has 0 radical (unpaired) electrons. The third-order valence-electron chi connectivity index (χ3n) is 9.26. The molecule has 0 heterocycles. The van der Waals surface area contributed by atoms with Gasteiger partial charge in [-0.05, 0) is 105 Å². The Labute approximate surface area is 230 Å². The van der Waals surface area contributed by atoms with Gasteiger partial charge in [0.05, 0.1) is 11.0 Å². The number of carbonyl (C=O) groups is 1. The molecular weight excluding hydrogens is 553 g/mol. The molecule has 0 spiro atoms. The second-order valence-electron chi connectivity index (χ2n) is 11.5. The first-order valence-corrected chi connectivity index (χ1v) is 15.0. The molecule has 3 aliphatic carbocycles. The Morgan fingerprint density at radius 2 is 1.62 bits per heavy atom. The summed E-state index contributed by atoms with van der Waals surface area (Å²) >= 11 is 0. The van der Waals surface area contributed by atoms with E-state index in [0.717, 1.165) is 36.4 Å². The molecular formula is C29H32F5NO4S. The lowest BCUT2D eigenvalue weighted by molar-refractivity contribution is -0.228. The van der Waals surface area contributed by atoms with Crippen molar-refractivity contribution < 1.29 is 40.3 Å². The number of hydrogen-bond donors (Lipinski definition) is 2. The van der Waals surface area contributed by atoms with E-state index in [2.05, 4.69) is 5.32 Å². The van der Waals surface area contributed by atoms with Crippen molar-refractivity contribution in [1.29, 1.82) is 0 Å². The van der Waals surface area contributed by atoms with Crippen LogP contribution >= 0.6 is 0 Å². The maximum Gasteiger partial charge on any atom is 0.426 e. The van der Waals surface area contributed by atoms with Crippen LogP contribution < -0.4 is 5.32 Å². The van der Waals surface area contributed by atoms with Crippen LogP contribution in [0.2, 0.25) is 0 Å². The van der Waals surface area contributed by atoms with E-state index in [1.165, 1.54) is 6.07 Å². The Morgan fingerprint density at radius 1 is 0.975 bits per heavy atom. The van der Waals surface area contributed by atoms with E-state index < -0.39 is 55.7 Å². The van der Waals surface area contributed by atoms with Gasteiger partial charge in [-0.25, -0.2) is 17.2 Å². The molecule has 5 nitrogen and oxygen atoms in total. The number of benzene rings is 2. The maximum atomic E-state index is 14.9. The molecule has 0 bridgehead atoms. The number of hydrogen-bond acceptors (Lipinski definition) is 4. The van der Waals surface area contributed by atoms with Crippen molar-refractivity contribution in [1.82, 2.24) is 5.32 Å². The Hall–Kier alpha value is -2.53. The van der Waals surface area contributed by atoms with E-state index in [1.807, 2.05) is 0 Å². The van der Waals surface area contributed by atoms with E-state index in [-0.39, 0.29) is 48.1 Å². The molecule has 1 unspecified atom stereocenters. The number of alkyl halides is 4. The van der Waals surface area contributed by atoms with Gasteiger partial charge in [-0.2, -0.15) is 13.2 Å². The third kappa shape index (κ3) is 4.62. The van der Waals surface area contributed by atoms with Gasteiger partial charge < -0.3 is 10.4 Å². The minimum absolute atomic E-state index is 0.0390. The van der Waals surface area contributed by atoms with Crippen LogP contribution in [0.25, 0.3) is 0 Å². The van der Waals surface area contributed by atoms with Gasteiger partial charge in [-0.3, -0.25) is 4.79 Å². The molecule has 2 N–H and O–H groups in total. The molecule has 4 atom stereocenters. The largest absolute Gasteiger partial charge is 0.426 e. The number of halogens is 5. The van der Waals surface area contributed by atoms with Crippen LogP contribution in [0.5, 0.6) is 0 Å². The summed E-state index contributed by atoms with van der Waals surface area (Å²) in [6.45, 7) is 0.436. The van der Waals surface area contributed by atoms with Gasteiger partial charge in [0, 0.05) is 12.0 Å². The van der Waals surface area contributed by atoms with Gasteiger partial charge >= 0.3 is 6.18 Å². The van der Waals surface area contributed by atoms with Crippen molar-refractivity contribution in [3.05, 3.63) is 65.0 Å². The molecule has 2 fully saturated rings. The Kier molecular flexibility index (Phi) is 7.30. The van der Waals surface area contributed by atoms with Crippen molar-refractivity contribution in [3.8, 4) is 0 Å². The standard InChI is InChI=1S/C29H32F5NO4S/c1-27(31,29(32,33)34)18-3-13-24-17(16-18)2-12-25-23(26(37)35-20-6-8-21(36)9-7-20)14-15-28(24,25)40(38,39)22-10-4-19(30)5-11-22/h3-5,10-11,13,16,20-21,23,25,36H,2,6-9,12,14-15H2,1H3,(H,35,37)/t20?,21?,23-,25+,27?,28-/m1/s1. The van der Waals surface area contributed by atoms with Crippen molar-refractivity contribution in [2.24, 2.45) is 11.8 Å². The quantitative estimate of drug-likeness (QED) is 0.352. The van der Waals surface area contributed by atoms with Crippen LogP contribution in [0.4, 0.5) is 22.0 Å². The highest BCUT2D eigenvalue weighted by molar-refractivity contribution is 7.92. The molecule has 0 aromatic heterocycles. The van der Waals surface area contributed by atoms with E-state index in [9.17, 15) is 40.3 Å². The SMILES string of the molecule is CC(F)(c1ccc2c(c1)CC[C@H]1[C@H](C(=O)NC3CCC(O)CC3)CC[C@@]21S(=O)(=O)c1ccc(F)cc1)C(F)(F)F. The highest BCUT2D eigenvalue weighted by Gasteiger charge is 2.62. The molecule has 0 aliphatic heterocycles. The van der Waals surface area contributed by atoms with Crippen molar-refractivity contribution in [2.45, 2.75) is 91.9 Å². The number of rotatable bonds is 5. The summed E-state index contributed by atoms with van der Waals surface area (Å²) in [4.78, 5) is 13.4. The molecule has 5 rings (SSSR count). The fourth-order valence-electron chi connectivity index (χ4n) is 6.97. The number of nitrogens with one attached hydrogen (secondary N) is 1. The molecule has 2 aromatic carbocycles. The number of fused-ring (bicyclic) bond motifs is 3. The average Bonchev–Trinajstić information content (AvgIpc) is 3.31. The number of amides is 1. The van der Waals surface area contributed by atoms with E-state index in [4.69, 9.17) is 0 Å². The van der Waals surface area contributed by atoms with Crippen molar-refractivity contribution >= 4 is 15.7 Å². The summed E-state index contributed by atoms with van der Waals surface area (Å²) < 4.78 is 96.1. The fraction of sp³-hybridized carbons (Fsp3) is 0.552. The summed E-state index contributed by atoms with van der Waals surface area (Å²) in [7, 11) is -4.27. The second-order valence-corrected chi connectivity index (χ2v) is 13.7. The lowest BCUT2D eigenvalue weighted by Gasteiger charge is -2.42. The minimum Gasteiger partial charge on any atom is -0.393 e. The zero-order chi connectivity index (χ0) is 29.1. The van der Waals surface area contributed by atoms with Gasteiger partial charge in [0.25, 0.3) is 0 Å². The molecule has 11 heteroatoms. The van der Waals surface area contributed by atoms with Gasteiger partial charge in [-0.1, -0.05) is 18.2 Å². The summed E-state index contributed by atoms with van der Waals surface area (Å²) in [5.74, 6) is -2.26. The summed E-state index contributed by atoms with van der Waals surface area (Å²) in [5.41, 5.74) is -3.67. The predicted molar refractivity (Wildman–Crippen MR) is 137 cm³/mol. The van der Waals surface area contributed by atoms with Crippen LogP contribution in [0.1, 0.15) is 68.6 Å². The van der Waals surface area contributed by atoms with Gasteiger partial charge in [0.1, 0.15) is 10.6 Å². The average molecular weight is 586 g/mol. The van der Waals surface area contributed by atoms with Gasteiger partial charge in [-0.15, -0.1) is 0 Å². The topological polar surface area (TPSA) is 83.5 Å². The molecule has 3 aliphatic rings. The normalized spacial score (nSPS) is 30.2. The second kappa shape index (κ2) is 10.1. The molecule has 40 heavy (non-hydrogen) atoms. The summed E-state index contributed by atoms with van der Waals surface area (Å²) in [6, 6.07) is 7.58. The van der Waals surface area contributed by atoms with Crippen LogP contribution in [0.15, 0.2) is 47.4 Å². The number of aryl methyl sites for hydroxylation is 1. The summed E-state index contributed by atoms with van der Waals surface area (Å²) in [6.07, 6.45) is -2.58. The molecule has 218 valence electrons. The van der Waals surface area contributed by atoms with Crippen molar-refractivity contribution in [3.63, 3.8) is 0 Å². The highest BCUT2D eigenvalue weighted by Crippen LogP contribution is 2.59. The first-order valence-electron chi connectivity index (χ1n) is 13.6. The zero-order valence-corrected chi connectivity index (χ0v) is 22.8. The first kappa shape index (κ1) is 29.0. The fourth-order valence-corrected chi connectivity index (χ4v) is 9.45. The smallest absolute Gasteiger partial charge is 0.393 e. The summed E-state index contributed by atoms with van der Waals surface area (Å²) in [5, 5.41) is 12.8. The number of carbonyl (C=O) groups excluding carboxylic acids is 1.